The predicted octanol–water partition coefficient (Wildman–Crippen LogP) is 2.32. The number of halogens is 4. The third kappa shape index (κ3) is 4.88. The smallest absolute Gasteiger partial charge is 0.353 e. The van der Waals surface area contributed by atoms with Gasteiger partial charge in [-0.05, 0) is 20.0 Å². The molecular formula is C13H20ClF3N4O. The highest BCUT2D eigenvalue weighted by molar-refractivity contribution is 6.32. The highest BCUT2D eigenvalue weighted by Gasteiger charge is 2.38. The van der Waals surface area contributed by atoms with Crippen LogP contribution in [0.25, 0.3) is 0 Å². The first-order chi connectivity index (χ1) is 10.2. The van der Waals surface area contributed by atoms with Crippen molar-refractivity contribution >= 4 is 17.5 Å². The van der Waals surface area contributed by atoms with E-state index in [4.69, 9.17) is 11.6 Å². The maximum absolute atomic E-state index is 12.7. The molecule has 1 aromatic rings. The van der Waals surface area contributed by atoms with Crippen molar-refractivity contribution in [2.24, 2.45) is 0 Å². The van der Waals surface area contributed by atoms with Crippen LogP contribution >= 0.6 is 11.6 Å². The van der Waals surface area contributed by atoms with E-state index in [0.29, 0.717) is 13.1 Å². The molecule has 5 nitrogen and oxygen atoms in total. The number of carbonyl (C=O) groups is 1. The molecule has 0 aliphatic rings. The first-order valence-corrected chi connectivity index (χ1v) is 7.37. The molecule has 0 atom stereocenters. The van der Waals surface area contributed by atoms with Gasteiger partial charge in [0.05, 0.1) is 10.7 Å². The molecule has 1 aromatic heterocycles. The van der Waals surface area contributed by atoms with Gasteiger partial charge in [-0.15, -0.1) is 0 Å². The summed E-state index contributed by atoms with van der Waals surface area (Å²) in [6.45, 7) is 7.99. The second kappa shape index (κ2) is 7.82. The van der Waals surface area contributed by atoms with Crippen LogP contribution in [0.2, 0.25) is 5.02 Å². The average molecular weight is 341 g/mol. The van der Waals surface area contributed by atoms with Gasteiger partial charge in [-0.2, -0.15) is 18.3 Å². The van der Waals surface area contributed by atoms with Crippen LogP contribution in [0.1, 0.15) is 25.2 Å². The Morgan fingerprint density at radius 1 is 1.36 bits per heavy atom. The lowest BCUT2D eigenvalue weighted by Gasteiger charge is -2.18. The fourth-order valence-corrected chi connectivity index (χ4v) is 2.19. The predicted molar refractivity (Wildman–Crippen MR) is 77.8 cm³/mol. The molecular weight excluding hydrogens is 321 g/mol. The summed E-state index contributed by atoms with van der Waals surface area (Å²) in [5.74, 6) is -0.400. The number of likely N-dealkylation sites (N-methyl/N-ethyl adjacent to an activating group) is 1. The highest BCUT2D eigenvalue weighted by Crippen LogP contribution is 2.35. The van der Waals surface area contributed by atoms with E-state index in [-0.39, 0.29) is 12.2 Å². The number of aromatic nitrogens is 2. The van der Waals surface area contributed by atoms with Gasteiger partial charge in [0, 0.05) is 13.1 Å². The van der Waals surface area contributed by atoms with Crippen molar-refractivity contribution in [3.63, 3.8) is 0 Å². The van der Waals surface area contributed by atoms with Gasteiger partial charge >= 0.3 is 6.18 Å². The summed E-state index contributed by atoms with van der Waals surface area (Å²) in [7, 11) is 0. The largest absolute Gasteiger partial charge is 0.436 e. The maximum atomic E-state index is 12.7. The lowest BCUT2D eigenvalue weighted by atomic mass is 10.3. The molecule has 1 rings (SSSR count). The number of carbonyl (C=O) groups excluding carboxylic acids is 1. The molecule has 0 aliphatic carbocycles. The summed E-state index contributed by atoms with van der Waals surface area (Å²) in [6.07, 6.45) is -4.63. The average Bonchev–Trinajstić information content (AvgIpc) is 2.72. The minimum Gasteiger partial charge on any atom is -0.353 e. The Bertz CT molecular complexity index is 512. The Morgan fingerprint density at radius 2 is 1.95 bits per heavy atom. The van der Waals surface area contributed by atoms with Crippen molar-refractivity contribution in [1.29, 1.82) is 0 Å². The van der Waals surface area contributed by atoms with E-state index < -0.39 is 22.8 Å². The second-order valence-electron chi connectivity index (χ2n) is 4.78. The van der Waals surface area contributed by atoms with E-state index in [1.807, 2.05) is 13.8 Å². The lowest BCUT2D eigenvalue weighted by Crippen LogP contribution is -2.36. The van der Waals surface area contributed by atoms with Gasteiger partial charge in [-0.3, -0.25) is 9.48 Å². The Morgan fingerprint density at radius 3 is 2.41 bits per heavy atom. The SMILES string of the molecule is CCN(CC)CCNC(=O)Cn1nc(C(F)(F)F)c(Cl)c1C. The van der Waals surface area contributed by atoms with E-state index in [2.05, 4.69) is 15.3 Å². The van der Waals surface area contributed by atoms with Crippen LogP contribution in [0.15, 0.2) is 0 Å². The molecule has 0 saturated carbocycles. The van der Waals surface area contributed by atoms with Crippen LogP contribution in [0.4, 0.5) is 13.2 Å². The van der Waals surface area contributed by atoms with Crippen molar-refractivity contribution < 1.29 is 18.0 Å². The summed E-state index contributed by atoms with van der Waals surface area (Å²) >= 11 is 5.62. The van der Waals surface area contributed by atoms with Crippen molar-refractivity contribution in [2.45, 2.75) is 33.5 Å². The zero-order valence-corrected chi connectivity index (χ0v) is 13.6. The van der Waals surface area contributed by atoms with Crippen LogP contribution in [-0.4, -0.2) is 46.8 Å². The zero-order valence-electron chi connectivity index (χ0n) is 12.8. The van der Waals surface area contributed by atoms with Gasteiger partial charge in [-0.25, -0.2) is 0 Å². The molecule has 126 valence electrons. The van der Waals surface area contributed by atoms with E-state index in [9.17, 15) is 18.0 Å². The molecule has 0 aliphatic heterocycles. The van der Waals surface area contributed by atoms with Gasteiger partial charge in [0.2, 0.25) is 5.91 Å². The number of nitrogens with zero attached hydrogens (tertiary/aromatic N) is 3. The first kappa shape index (κ1) is 18.8. The lowest BCUT2D eigenvalue weighted by molar-refractivity contribution is -0.141. The van der Waals surface area contributed by atoms with E-state index in [1.54, 1.807) is 0 Å². The van der Waals surface area contributed by atoms with E-state index in [0.717, 1.165) is 17.8 Å². The second-order valence-corrected chi connectivity index (χ2v) is 5.16. The Balaban J connectivity index is 2.62. The molecule has 0 radical (unpaired) electrons. The number of hydrogen-bond acceptors (Lipinski definition) is 3. The Labute approximate surface area is 132 Å². The topological polar surface area (TPSA) is 50.2 Å². The summed E-state index contributed by atoms with van der Waals surface area (Å²) < 4.78 is 39.0. The molecule has 0 unspecified atom stereocenters. The number of rotatable bonds is 7. The van der Waals surface area contributed by atoms with Crippen molar-refractivity contribution in [1.82, 2.24) is 20.0 Å². The van der Waals surface area contributed by atoms with Crippen LogP contribution in [0, 0.1) is 6.92 Å². The quantitative estimate of drug-likeness (QED) is 0.828. The number of hydrogen-bond donors (Lipinski definition) is 1. The first-order valence-electron chi connectivity index (χ1n) is 6.99. The van der Waals surface area contributed by atoms with Gasteiger partial charge in [0.25, 0.3) is 0 Å². The molecule has 0 fully saturated rings. The van der Waals surface area contributed by atoms with Gasteiger partial charge in [0.1, 0.15) is 6.54 Å². The molecule has 1 amide bonds. The Kier molecular flexibility index (Phi) is 6.67. The normalized spacial score (nSPS) is 12.0. The minimum absolute atomic E-state index is 0.118. The van der Waals surface area contributed by atoms with E-state index >= 15 is 0 Å². The van der Waals surface area contributed by atoms with Crippen LogP contribution in [0.5, 0.6) is 0 Å². The summed E-state index contributed by atoms with van der Waals surface area (Å²) in [5.41, 5.74) is -1.05. The van der Waals surface area contributed by atoms with Crippen molar-refractivity contribution in [3.8, 4) is 0 Å². The summed E-state index contributed by atoms with van der Waals surface area (Å²) in [5, 5.41) is 5.57. The third-order valence-electron chi connectivity index (χ3n) is 3.34. The Hall–Kier alpha value is -1.28. The van der Waals surface area contributed by atoms with Crippen molar-refractivity contribution in [2.75, 3.05) is 26.2 Å². The molecule has 0 bridgehead atoms. The van der Waals surface area contributed by atoms with Crippen LogP contribution in [-0.2, 0) is 17.5 Å². The van der Waals surface area contributed by atoms with Gasteiger partial charge < -0.3 is 10.2 Å². The van der Waals surface area contributed by atoms with E-state index in [1.165, 1.54) is 6.92 Å². The van der Waals surface area contributed by atoms with Gasteiger partial charge in [0.15, 0.2) is 5.69 Å². The fraction of sp³-hybridized carbons (Fsp3) is 0.692. The number of alkyl halides is 3. The molecule has 9 heteroatoms. The summed E-state index contributed by atoms with van der Waals surface area (Å²) in [6, 6.07) is 0. The molecule has 0 spiro atoms. The molecule has 1 heterocycles. The number of nitrogens with one attached hydrogen (secondary N) is 1. The monoisotopic (exact) mass is 340 g/mol. The van der Waals surface area contributed by atoms with Gasteiger partial charge in [-0.1, -0.05) is 25.4 Å². The molecule has 0 aromatic carbocycles. The van der Waals surface area contributed by atoms with Crippen molar-refractivity contribution in [3.05, 3.63) is 16.4 Å². The molecule has 22 heavy (non-hydrogen) atoms. The standard InChI is InChI=1S/C13H20ClF3N4O/c1-4-20(5-2)7-6-18-10(22)8-21-9(3)11(14)12(19-21)13(15,16)17/h4-8H2,1-3H3,(H,18,22). The highest BCUT2D eigenvalue weighted by atomic mass is 35.5. The maximum Gasteiger partial charge on any atom is 0.436 e. The molecule has 1 N–H and O–H groups in total. The minimum atomic E-state index is -4.63. The summed E-state index contributed by atoms with van der Waals surface area (Å²) in [4.78, 5) is 13.9. The number of amides is 1. The van der Waals surface area contributed by atoms with Crippen LogP contribution < -0.4 is 5.32 Å². The molecule has 0 saturated heterocycles. The third-order valence-corrected chi connectivity index (χ3v) is 3.79. The fourth-order valence-electron chi connectivity index (χ4n) is 1.94. The van der Waals surface area contributed by atoms with Crippen LogP contribution in [0.3, 0.4) is 0 Å². The zero-order chi connectivity index (χ0) is 16.9.